The number of nitrogens with one attached hydrogen (secondary N) is 1. The number of carbonyl (C=O) groups is 1. The summed E-state index contributed by atoms with van der Waals surface area (Å²) >= 11 is 0. The lowest BCUT2D eigenvalue weighted by molar-refractivity contribution is -0.124. The Labute approximate surface area is 189 Å². The van der Waals surface area contributed by atoms with Crippen molar-refractivity contribution in [3.8, 4) is 11.5 Å². The largest absolute Gasteiger partial charge is 0.436 e. The summed E-state index contributed by atoms with van der Waals surface area (Å²) in [6.45, 7) is 6.17. The number of oxazole rings is 1. The Hall–Kier alpha value is -2.62. The van der Waals surface area contributed by atoms with E-state index >= 15 is 0 Å². The van der Waals surface area contributed by atoms with Gasteiger partial charge in [0.2, 0.25) is 11.8 Å². The van der Waals surface area contributed by atoms with Gasteiger partial charge in [0.25, 0.3) is 0 Å². The number of aromatic nitrogens is 1. The molecular weight excluding hydrogens is 396 g/mol. The number of nitrogens with zero attached hydrogens (tertiary/aromatic N) is 1. The molecule has 1 N–H and O–H groups in total. The fourth-order valence-electron chi connectivity index (χ4n) is 7.54. The highest BCUT2D eigenvalue weighted by Gasteiger charge is 2.51. The predicted octanol–water partition coefficient (Wildman–Crippen LogP) is 6.97. The van der Waals surface area contributed by atoms with Crippen molar-refractivity contribution >= 4 is 22.7 Å². The summed E-state index contributed by atoms with van der Waals surface area (Å²) < 4.78 is 6.15. The molecule has 2 aromatic carbocycles. The molecule has 4 nitrogen and oxygen atoms in total. The van der Waals surface area contributed by atoms with Gasteiger partial charge in [-0.3, -0.25) is 4.79 Å². The first-order valence-electron chi connectivity index (χ1n) is 12.2. The zero-order valence-corrected chi connectivity index (χ0v) is 19.3. The number of carbonyl (C=O) groups excluding carboxylic acids is 1. The van der Waals surface area contributed by atoms with E-state index in [0.29, 0.717) is 12.3 Å². The molecule has 0 spiro atoms. The van der Waals surface area contributed by atoms with Gasteiger partial charge in [-0.05, 0) is 117 Å². The van der Waals surface area contributed by atoms with Gasteiger partial charge in [-0.1, -0.05) is 12.1 Å². The molecule has 32 heavy (non-hydrogen) atoms. The van der Waals surface area contributed by atoms with Crippen LogP contribution in [0.4, 0.5) is 5.69 Å². The first-order chi connectivity index (χ1) is 15.4. The highest BCUT2D eigenvalue weighted by Crippen LogP contribution is 2.61. The molecule has 0 unspecified atom stereocenters. The number of fused-ring (bicyclic) bond motifs is 1. The fraction of sp³-hybridized carbons (Fsp3) is 0.500. The third-order valence-electron chi connectivity index (χ3n) is 8.36. The second-order valence-electron chi connectivity index (χ2n) is 11.1. The number of hydrogen-bond acceptors (Lipinski definition) is 3. The molecule has 166 valence electrons. The third kappa shape index (κ3) is 3.35. The molecule has 3 aromatic rings. The second kappa shape index (κ2) is 7.19. The zero-order chi connectivity index (χ0) is 22.0. The average Bonchev–Trinajstić information content (AvgIpc) is 3.12. The molecule has 1 aromatic heterocycles. The minimum absolute atomic E-state index is 0.163. The van der Waals surface area contributed by atoms with Gasteiger partial charge in [0.15, 0.2) is 5.58 Å². The summed E-state index contributed by atoms with van der Waals surface area (Å²) in [7, 11) is 0. The van der Waals surface area contributed by atoms with Crippen LogP contribution in [-0.4, -0.2) is 10.9 Å². The molecule has 0 saturated heterocycles. The minimum atomic E-state index is 0.163. The molecule has 4 saturated carbocycles. The molecule has 4 fully saturated rings. The fourth-order valence-corrected chi connectivity index (χ4v) is 7.54. The summed E-state index contributed by atoms with van der Waals surface area (Å²) in [5.41, 5.74) is 7.05. The van der Waals surface area contributed by atoms with E-state index in [1.165, 1.54) is 44.1 Å². The summed E-state index contributed by atoms with van der Waals surface area (Å²) in [5, 5.41) is 3.24. The minimum Gasteiger partial charge on any atom is -0.436 e. The number of anilines is 1. The Balaban J connectivity index is 1.25. The predicted molar refractivity (Wildman–Crippen MR) is 128 cm³/mol. The van der Waals surface area contributed by atoms with Gasteiger partial charge in [-0.25, -0.2) is 4.98 Å². The van der Waals surface area contributed by atoms with Crippen molar-refractivity contribution in [1.82, 2.24) is 4.98 Å². The molecule has 1 amide bonds. The van der Waals surface area contributed by atoms with E-state index in [1.54, 1.807) is 0 Å². The Morgan fingerprint density at radius 1 is 1.06 bits per heavy atom. The molecule has 7 rings (SSSR count). The normalized spacial score (nSPS) is 28.4. The Morgan fingerprint density at radius 3 is 2.44 bits per heavy atom. The Bertz CT molecular complexity index is 1190. The van der Waals surface area contributed by atoms with E-state index < -0.39 is 0 Å². The number of amides is 1. The monoisotopic (exact) mass is 428 g/mol. The van der Waals surface area contributed by atoms with Crippen molar-refractivity contribution in [2.24, 2.45) is 23.2 Å². The van der Waals surface area contributed by atoms with Crippen molar-refractivity contribution in [3.05, 3.63) is 47.0 Å². The van der Waals surface area contributed by atoms with E-state index in [-0.39, 0.29) is 11.3 Å². The lowest BCUT2D eigenvalue weighted by Crippen LogP contribution is -2.47. The lowest BCUT2D eigenvalue weighted by Gasteiger charge is -2.56. The van der Waals surface area contributed by atoms with Crippen LogP contribution in [0.5, 0.6) is 0 Å². The quantitative estimate of drug-likeness (QED) is 0.488. The van der Waals surface area contributed by atoms with Gasteiger partial charge in [0, 0.05) is 17.7 Å². The van der Waals surface area contributed by atoms with Gasteiger partial charge >= 0.3 is 0 Å². The van der Waals surface area contributed by atoms with Crippen LogP contribution in [0.2, 0.25) is 0 Å². The molecule has 0 atom stereocenters. The lowest BCUT2D eigenvalue weighted by atomic mass is 9.49. The van der Waals surface area contributed by atoms with Crippen LogP contribution in [0.3, 0.4) is 0 Å². The van der Waals surface area contributed by atoms with Gasteiger partial charge in [0.1, 0.15) is 5.52 Å². The van der Waals surface area contributed by atoms with Gasteiger partial charge in [-0.2, -0.15) is 0 Å². The molecule has 1 heterocycles. The maximum absolute atomic E-state index is 13.2. The Kier molecular flexibility index (Phi) is 4.50. The highest BCUT2D eigenvalue weighted by molar-refractivity contribution is 5.93. The Morgan fingerprint density at radius 2 is 1.75 bits per heavy atom. The standard InChI is InChI=1S/C28H32N2O2/c1-16-7-17(2)26-24(8-16)30-27(32-26)22-5-4-6-23(18(22)3)29-25(31)15-28-12-19-9-20(13-28)11-21(10-19)14-28/h4-8,19-21H,9-15H2,1-3H3,(H,29,31). The van der Waals surface area contributed by atoms with Crippen molar-refractivity contribution in [1.29, 1.82) is 0 Å². The molecular formula is C28H32N2O2. The number of benzene rings is 2. The second-order valence-corrected chi connectivity index (χ2v) is 11.1. The molecule has 4 aliphatic carbocycles. The van der Waals surface area contributed by atoms with Gasteiger partial charge in [0.05, 0.1) is 0 Å². The highest BCUT2D eigenvalue weighted by atomic mass is 16.3. The van der Waals surface area contributed by atoms with Crippen LogP contribution in [0.1, 0.15) is 61.6 Å². The molecule has 4 aliphatic rings. The average molecular weight is 429 g/mol. The van der Waals surface area contributed by atoms with Crippen LogP contribution >= 0.6 is 0 Å². The van der Waals surface area contributed by atoms with Crippen LogP contribution in [0, 0.1) is 43.9 Å². The number of hydrogen-bond donors (Lipinski definition) is 1. The zero-order valence-electron chi connectivity index (χ0n) is 19.3. The SMILES string of the molecule is Cc1cc(C)c2oc(-c3cccc(NC(=O)CC45CC6CC(CC(C6)C4)C5)c3C)nc2c1. The topological polar surface area (TPSA) is 55.1 Å². The van der Waals surface area contributed by atoms with Crippen molar-refractivity contribution in [2.45, 2.75) is 65.7 Å². The van der Waals surface area contributed by atoms with Gasteiger partial charge in [-0.15, -0.1) is 0 Å². The van der Waals surface area contributed by atoms with Crippen molar-refractivity contribution in [3.63, 3.8) is 0 Å². The molecule has 0 aliphatic heterocycles. The van der Waals surface area contributed by atoms with E-state index in [9.17, 15) is 4.79 Å². The maximum Gasteiger partial charge on any atom is 0.227 e. The van der Waals surface area contributed by atoms with Crippen LogP contribution < -0.4 is 5.32 Å². The van der Waals surface area contributed by atoms with Crippen LogP contribution in [-0.2, 0) is 4.79 Å². The summed E-state index contributed by atoms with van der Waals surface area (Å²) in [4.78, 5) is 17.9. The smallest absolute Gasteiger partial charge is 0.227 e. The van der Waals surface area contributed by atoms with E-state index in [0.717, 1.165) is 51.2 Å². The van der Waals surface area contributed by atoms with E-state index in [2.05, 4.69) is 31.3 Å². The molecule has 4 heteroatoms. The number of aryl methyl sites for hydroxylation is 2. The molecule has 0 radical (unpaired) electrons. The first-order valence-corrected chi connectivity index (χ1v) is 12.2. The van der Waals surface area contributed by atoms with Crippen LogP contribution in [0.25, 0.3) is 22.6 Å². The van der Waals surface area contributed by atoms with Gasteiger partial charge < -0.3 is 9.73 Å². The summed E-state index contributed by atoms with van der Waals surface area (Å²) in [6.07, 6.45) is 8.66. The van der Waals surface area contributed by atoms with E-state index in [4.69, 9.17) is 9.40 Å². The first kappa shape index (κ1) is 20.0. The van der Waals surface area contributed by atoms with Crippen molar-refractivity contribution < 1.29 is 9.21 Å². The van der Waals surface area contributed by atoms with E-state index in [1.807, 2.05) is 25.1 Å². The van der Waals surface area contributed by atoms with Crippen molar-refractivity contribution in [2.75, 3.05) is 5.32 Å². The summed E-state index contributed by atoms with van der Waals surface area (Å²) in [6, 6.07) is 10.2. The third-order valence-corrected chi connectivity index (χ3v) is 8.36. The molecule has 4 bridgehead atoms. The number of rotatable bonds is 4. The maximum atomic E-state index is 13.2. The summed E-state index contributed by atoms with van der Waals surface area (Å²) in [5.74, 6) is 3.38. The van der Waals surface area contributed by atoms with Crippen LogP contribution in [0.15, 0.2) is 34.7 Å².